The Morgan fingerprint density at radius 1 is 1.38 bits per heavy atom. The molecule has 0 aromatic heterocycles. The molecule has 3 heteroatoms. The molecule has 3 nitrogen and oxygen atoms in total. The molecule has 1 aliphatic rings. The van der Waals surface area contributed by atoms with Gasteiger partial charge in [-0.2, -0.15) is 0 Å². The molecule has 0 bridgehead atoms. The Balaban J connectivity index is 1.91. The first-order valence-electron chi connectivity index (χ1n) is 6.02. The van der Waals surface area contributed by atoms with E-state index in [0.29, 0.717) is 6.10 Å². The monoisotopic (exact) mass is 220 g/mol. The molecule has 88 valence electrons. The normalized spacial score (nSPS) is 21.9. The van der Waals surface area contributed by atoms with Gasteiger partial charge < -0.3 is 10.5 Å². The highest BCUT2D eigenvalue weighted by Crippen LogP contribution is 2.19. The minimum Gasteiger partial charge on any atom is -0.489 e. The molecule has 1 fully saturated rings. The molecule has 0 radical (unpaired) electrons. The van der Waals surface area contributed by atoms with Crippen LogP contribution in [0.2, 0.25) is 0 Å². The molecule has 0 saturated carbocycles. The number of nitrogens with two attached hydrogens (primary N) is 1. The summed E-state index contributed by atoms with van der Waals surface area (Å²) < 4.78 is 5.95. The Labute approximate surface area is 97.2 Å². The van der Waals surface area contributed by atoms with E-state index in [1.165, 1.54) is 13.0 Å². The zero-order valence-corrected chi connectivity index (χ0v) is 9.86. The Hall–Kier alpha value is -1.22. The van der Waals surface area contributed by atoms with E-state index in [1.54, 1.807) is 0 Å². The van der Waals surface area contributed by atoms with Crippen LogP contribution in [0.5, 0.6) is 5.75 Å². The van der Waals surface area contributed by atoms with Crippen molar-refractivity contribution in [1.82, 2.24) is 4.90 Å². The van der Waals surface area contributed by atoms with Gasteiger partial charge >= 0.3 is 0 Å². The first-order chi connectivity index (χ1) is 7.78. The van der Waals surface area contributed by atoms with Crippen LogP contribution < -0.4 is 10.5 Å². The lowest BCUT2D eigenvalue weighted by atomic mass is 10.1. The first-order valence-corrected chi connectivity index (χ1v) is 6.02. The van der Waals surface area contributed by atoms with E-state index in [-0.39, 0.29) is 0 Å². The summed E-state index contributed by atoms with van der Waals surface area (Å²) in [6.45, 7) is 5.56. The highest BCUT2D eigenvalue weighted by atomic mass is 16.5. The van der Waals surface area contributed by atoms with Crippen LogP contribution in [0.1, 0.15) is 19.8 Å². The maximum Gasteiger partial charge on any atom is 0.119 e. The third-order valence-corrected chi connectivity index (χ3v) is 3.09. The molecule has 1 unspecified atom stereocenters. The number of likely N-dealkylation sites (tertiary alicyclic amines) is 1. The highest BCUT2D eigenvalue weighted by molar-refractivity contribution is 5.41. The van der Waals surface area contributed by atoms with Gasteiger partial charge in [0, 0.05) is 12.2 Å². The van der Waals surface area contributed by atoms with Crippen molar-refractivity contribution < 1.29 is 4.74 Å². The number of anilines is 1. The number of benzene rings is 1. The summed E-state index contributed by atoms with van der Waals surface area (Å²) in [5.41, 5.74) is 6.42. The molecular formula is C13H20N2O. The summed E-state index contributed by atoms with van der Waals surface area (Å²) in [6.07, 6.45) is 2.71. The van der Waals surface area contributed by atoms with Crippen LogP contribution in [0.3, 0.4) is 0 Å². The van der Waals surface area contributed by atoms with Gasteiger partial charge in [0.1, 0.15) is 11.9 Å². The Morgan fingerprint density at radius 2 is 2.12 bits per heavy atom. The number of rotatable bonds is 3. The van der Waals surface area contributed by atoms with Gasteiger partial charge in [-0.25, -0.2) is 0 Å². The van der Waals surface area contributed by atoms with Crippen molar-refractivity contribution in [2.45, 2.75) is 25.9 Å². The van der Waals surface area contributed by atoms with Gasteiger partial charge in [0.25, 0.3) is 0 Å². The molecule has 0 spiro atoms. The van der Waals surface area contributed by atoms with E-state index < -0.39 is 0 Å². The summed E-state index contributed by atoms with van der Waals surface area (Å²) in [5.74, 6) is 0.928. The lowest BCUT2D eigenvalue weighted by Gasteiger charge is -2.32. The van der Waals surface area contributed by atoms with Gasteiger partial charge in [0.2, 0.25) is 0 Å². The molecule has 0 amide bonds. The van der Waals surface area contributed by atoms with Crippen LogP contribution in [-0.2, 0) is 0 Å². The topological polar surface area (TPSA) is 38.5 Å². The van der Waals surface area contributed by atoms with Crippen LogP contribution >= 0.6 is 0 Å². The lowest BCUT2D eigenvalue weighted by Crippen LogP contribution is -2.40. The average molecular weight is 220 g/mol. The molecule has 1 aliphatic heterocycles. The van der Waals surface area contributed by atoms with Crippen molar-refractivity contribution >= 4 is 5.69 Å². The summed E-state index contributed by atoms with van der Waals surface area (Å²) >= 11 is 0. The maximum absolute atomic E-state index is 5.95. The molecule has 1 aromatic rings. The molecule has 1 aromatic carbocycles. The highest BCUT2D eigenvalue weighted by Gasteiger charge is 2.19. The van der Waals surface area contributed by atoms with Gasteiger partial charge in [0.05, 0.1) is 0 Å². The van der Waals surface area contributed by atoms with E-state index in [9.17, 15) is 0 Å². The summed E-state index contributed by atoms with van der Waals surface area (Å²) in [6, 6.07) is 7.66. The van der Waals surface area contributed by atoms with E-state index in [1.807, 2.05) is 24.3 Å². The van der Waals surface area contributed by atoms with Gasteiger partial charge in [-0.15, -0.1) is 0 Å². The van der Waals surface area contributed by atoms with E-state index in [2.05, 4.69) is 11.8 Å². The van der Waals surface area contributed by atoms with E-state index >= 15 is 0 Å². The van der Waals surface area contributed by atoms with Crippen LogP contribution in [-0.4, -0.2) is 30.6 Å². The number of hydrogen-bond donors (Lipinski definition) is 1. The second-order valence-corrected chi connectivity index (χ2v) is 4.34. The zero-order valence-electron chi connectivity index (χ0n) is 9.86. The second-order valence-electron chi connectivity index (χ2n) is 4.34. The maximum atomic E-state index is 5.95. The van der Waals surface area contributed by atoms with Gasteiger partial charge in [0.15, 0.2) is 0 Å². The number of ether oxygens (including phenoxy) is 1. The predicted molar refractivity (Wildman–Crippen MR) is 66.6 cm³/mol. The number of nitrogen functional groups attached to an aromatic ring is 1. The quantitative estimate of drug-likeness (QED) is 0.793. The molecule has 1 heterocycles. The first kappa shape index (κ1) is 11.3. The van der Waals surface area contributed by atoms with Crippen molar-refractivity contribution in [2.75, 3.05) is 25.4 Å². The third kappa shape index (κ3) is 2.89. The van der Waals surface area contributed by atoms with Crippen molar-refractivity contribution in [3.63, 3.8) is 0 Å². The molecule has 1 atom stereocenters. The summed E-state index contributed by atoms with van der Waals surface area (Å²) in [5, 5.41) is 0. The van der Waals surface area contributed by atoms with Crippen LogP contribution in [0.25, 0.3) is 0 Å². The number of likely N-dealkylation sites (N-methyl/N-ethyl adjacent to an activating group) is 1. The Morgan fingerprint density at radius 3 is 2.81 bits per heavy atom. The lowest BCUT2D eigenvalue weighted by molar-refractivity contribution is 0.0920. The predicted octanol–water partition coefficient (Wildman–Crippen LogP) is 2.13. The fourth-order valence-electron chi connectivity index (χ4n) is 2.14. The number of hydrogen-bond acceptors (Lipinski definition) is 3. The average Bonchev–Trinajstić information content (AvgIpc) is 2.32. The van der Waals surface area contributed by atoms with Crippen molar-refractivity contribution in [2.24, 2.45) is 0 Å². The fourth-order valence-corrected chi connectivity index (χ4v) is 2.14. The molecule has 2 N–H and O–H groups in total. The van der Waals surface area contributed by atoms with E-state index in [0.717, 1.165) is 30.9 Å². The Kier molecular flexibility index (Phi) is 3.67. The fraction of sp³-hybridized carbons (Fsp3) is 0.538. The smallest absolute Gasteiger partial charge is 0.119 e. The van der Waals surface area contributed by atoms with Crippen LogP contribution in [0.4, 0.5) is 5.69 Å². The second kappa shape index (κ2) is 5.21. The van der Waals surface area contributed by atoms with Crippen molar-refractivity contribution in [1.29, 1.82) is 0 Å². The third-order valence-electron chi connectivity index (χ3n) is 3.09. The SMILES string of the molecule is CCN1CCCC(Oc2ccc(N)cc2)C1. The minimum atomic E-state index is 0.331. The van der Waals surface area contributed by atoms with E-state index in [4.69, 9.17) is 10.5 Å². The largest absolute Gasteiger partial charge is 0.489 e. The number of piperidine rings is 1. The van der Waals surface area contributed by atoms with Crippen molar-refractivity contribution in [3.05, 3.63) is 24.3 Å². The molecule has 0 aliphatic carbocycles. The summed E-state index contributed by atoms with van der Waals surface area (Å²) in [7, 11) is 0. The molecular weight excluding hydrogens is 200 g/mol. The molecule has 16 heavy (non-hydrogen) atoms. The van der Waals surface area contributed by atoms with Gasteiger partial charge in [-0.3, -0.25) is 4.90 Å². The Bertz CT molecular complexity index is 323. The van der Waals surface area contributed by atoms with Crippen LogP contribution in [0.15, 0.2) is 24.3 Å². The molecule has 1 saturated heterocycles. The zero-order chi connectivity index (χ0) is 11.4. The van der Waals surface area contributed by atoms with Crippen molar-refractivity contribution in [3.8, 4) is 5.75 Å². The molecule has 2 rings (SSSR count). The standard InChI is InChI=1S/C13H20N2O/c1-2-15-9-3-4-13(10-15)16-12-7-5-11(14)6-8-12/h5-8,13H,2-4,9-10,14H2,1H3. The summed E-state index contributed by atoms with van der Waals surface area (Å²) in [4.78, 5) is 2.44. The van der Waals surface area contributed by atoms with Gasteiger partial charge in [-0.1, -0.05) is 6.92 Å². The minimum absolute atomic E-state index is 0.331. The van der Waals surface area contributed by atoms with Gasteiger partial charge in [-0.05, 0) is 50.2 Å². The number of nitrogens with zero attached hydrogens (tertiary/aromatic N) is 1. The van der Waals surface area contributed by atoms with Crippen LogP contribution in [0, 0.1) is 0 Å².